The fourth-order valence-corrected chi connectivity index (χ4v) is 5.41. The highest BCUT2D eigenvalue weighted by Crippen LogP contribution is 2.41. The summed E-state index contributed by atoms with van der Waals surface area (Å²) in [6.07, 6.45) is 0.904. The Morgan fingerprint density at radius 1 is 1.21 bits per heavy atom. The molecular formula is C24H30F3N5O2. The van der Waals surface area contributed by atoms with Crippen LogP contribution in [0.2, 0.25) is 0 Å². The molecule has 10 heteroatoms. The van der Waals surface area contributed by atoms with Gasteiger partial charge in [0.15, 0.2) is 11.6 Å². The number of methoxy groups -OCH3 is 1. The van der Waals surface area contributed by atoms with Gasteiger partial charge in [0.25, 0.3) is 0 Å². The molecule has 2 aromatic rings. The lowest BCUT2D eigenvalue weighted by Gasteiger charge is -2.27. The lowest BCUT2D eigenvalue weighted by molar-refractivity contribution is -0.137. The number of fused-ring (bicyclic) bond motifs is 1. The summed E-state index contributed by atoms with van der Waals surface area (Å²) < 4.78 is 68.6. The lowest BCUT2D eigenvalue weighted by Crippen LogP contribution is -2.32. The molecule has 2 aromatic heterocycles. The first kappa shape index (κ1) is 20.9. The van der Waals surface area contributed by atoms with Gasteiger partial charge >= 0.3 is 6.18 Å². The van der Waals surface area contributed by atoms with Crippen molar-refractivity contribution in [2.24, 2.45) is 17.8 Å². The highest BCUT2D eigenvalue weighted by atomic mass is 19.4. The average molecular weight is 480 g/mol. The molecule has 0 spiro atoms. The van der Waals surface area contributed by atoms with Crippen LogP contribution >= 0.6 is 0 Å². The molecule has 0 amide bonds. The lowest BCUT2D eigenvalue weighted by atomic mass is 10.00. The maximum absolute atomic E-state index is 13.4. The van der Waals surface area contributed by atoms with E-state index < -0.39 is 18.2 Å². The predicted molar refractivity (Wildman–Crippen MR) is 120 cm³/mol. The van der Waals surface area contributed by atoms with Gasteiger partial charge in [0.2, 0.25) is 0 Å². The summed E-state index contributed by atoms with van der Waals surface area (Å²) in [6, 6.07) is 2.47. The Kier molecular flexibility index (Phi) is 5.93. The van der Waals surface area contributed by atoms with Crippen LogP contribution in [0.1, 0.15) is 34.0 Å². The van der Waals surface area contributed by atoms with Gasteiger partial charge in [0, 0.05) is 65.6 Å². The highest BCUT2D eigenvalue weighted by Gasteiger charge is 2.41. The molecule has 5 rings (SSSR count). The van der Waals surface area contributed by atoms with Crippen LogP contribution in [0.15, 0.2) is 24.5 Å². The molecule has 184 valence electrons. The molecule has 1 unspecified atom stereocenters. The topological polar surface area (TPSA) is 72.4 Å². The average Bonchev–Trinajstić information content (AvgIpc) is 3.44. The molecule has 4 heterocycles. The van der Waals surface area contributed by atoms with Gasteiger partial charge in [-0.3, -0.25) is 4.98 Å². The van der Waals surface area contributed by atoms with Crippen molar-refractivity contribution in [3.8, 4) is 17.0 Å². The van der Waals surface area contributed by atoms with E-state index in [9.17, 15) is 13.2 Å². The maximum Gasteiger partial charge on any atom is 0.417 e. The minimum atomic E-state index is -4.54. The summed E-state index contributed by atoms with van der Waals surface area (Å²) in [5, 5.41) is 11.6. The molecule has 1 aliphatic carbocycles. The van der Waals surface area contributed by atoms with E-state index in [1.807, 2.05) is 4.90 Å². The standard InChI is InChI=1S/C24H30F3N5O2/c1-33-22-10-21(19-11-28-5-2-20(19)24(25,26)27)30-31-23(22)29-18-8-16-13-32(14-17(16)9-18)12-15-3-6-34-7-4-15/h2,5,10-11,15-18H,3-4,6-9,12-14H2,1H3,(H,29,31)/t16-,17+,18?/i12D2. The van der Waals surface area contributed by atoms with Crippen molar-refractivity contribution in [1.82, 2.24) is 20.1 Å². The van der Waals surface area contributed by atoms with Crippen LogP contribution in [0.25, 0.3) is 11.3 Å². The Morgan fingerprint density at radius 3 is 2.62 bits per heavy atom. The Hall–Kier alpha value is -2.46. The summed E-state index contributed by atoms with van der Waals surface area (Å²) in [6.45, 7) is 1.35. The number of aromatic nitrogens is 3. The highest BCUT2D eigenvalue weighted by molar-refractivity contribution is 5.67. The fourth-order valence-electron chi connectivity index (χ4n) is 5.41. The van der Waals surface area contributed by atoms with Crippen molar-refractivity contribution in [2.75, 3.05) is 45.2 Å². The SMILES string of the molecule is [2H]C([2H])(C1CCOCC1)N1C[C@H]2CC(Nc3nnc(-c4cnccc4C(F)(F)F)cc3OC)C[C@H]2C1. The van der Waals surface area contributed by atoms with Gasteiger partial charge in [-0.05, 0) is 49.5 Å². The maximum atomic E-state index is 13.4. The molecule has 3 aliphatic rings. The smallest absolute Gasteiger partial charge is 0.417 e. The number of nitrogens with one attached hydrogen (secondary N) is 1. The van der Waals surface area contributed by atoms with Gasteiger partial charge in [-0.2, -0.15) is 13.2 Å². The first-order chi connectivity index (χ1) is 17.2. The number of rotatable bonds is 6. The van der Waals surface area contributed by atoms with Crippen LogP contribution in [0.4, 0.5) is 19.0 Å². The summed E-state index contributed by atoms with van der Waals surface area (Å²) in [5.41, 5.74) is -0.952. The summed E-state index contributed by atoms with van der Waals surface area (Å²) >= 11 is 0. The van der Waals surface area contributed by atoms with Crippen molar-refractivity contribution in [2.45, 2.75) is 37.9 Å². The minimum Gasteiger partial charge on any atom is -0.493 e. The molecular weight excluding hydrogens is 447 g/mol. The number of halogens is 3. The van der Waals surface area contributed by atoms with Gasteiger partial charge in [0.1, 0.15) is 0 Å². The monoisotopic (exact) mass is 479 g/mol. The number of hydrogen-bond donors (Lipinski definition) is 1. The zero-order valence-corrected chi connectivity index (χ0v) is 19.0. The van der Waals surface area contributed by atoms with Crippen molar-refractivity contribution in [3.05, 3.63) is 30.1 Å². The molecule has 1 N–H and O–H groups in total. The van der Waals surface area contributed by atoms with Gasteiger partial charge < -0.3 is 19.7 Å². The number of nitrogens with zero attached hydrogens (tertiary/aromatic N) is 4. The molecule has 2 saturated heterocycles. The van der Waals surface area contributed by atoms with Crippen molar-refractivity contribution >= 4 is 5.82 Å². The van der Waals surface area contributed by atoms with Gasteiger partial charge in [0.05, 0.1) is 18.4 Å². The van der Waals surface area contributed by atoms with Crippen LogP contribution in [-0.4, -0.2) is 66.0 Å². The van der Waals surface area contributed by atoms with Crippen molar-refractivity contribution < 1.29 is 25.4 Å². The van der Waals surface area contributed by atoms with Crippen LogP contribution in [0.3, 0.4) is 0 Å². The predicted octanol–water partition coefficient (Wildman–Crippen LogP) is 4.11. The van der Waals surface area contributed by atoms with E-state index >= 15 is 0 Å². The number of pyridine rings is 1. The molecule has 0 aromatic carbocycles. The first-order valence-corrected chi connectivity index (χ1v) is 11.7. The van der Waals surface area contributed by atoms with Crippen LogP contribution in [0.5, 0.6) is 5.75 Å². The second kappa shape index (κ2) is 9.65. The van der Waals surface area contributed by atoms with Crippen LogP contribution in [0, 0.1) is 17.8 Å². The third-order valence-electron chi connectivity index (χ3n) is 7.06. The van der Waals surface area contributed by atoms with E-state index in [4.69, 9.17) is 12.2 Å². The van der Waals surface area contributed by atoms with E-state index in [-0.39, 0.29) is 23.2 Å². The van der Waals surface area contributed by atoms with E-state index in [1.54, 1.807) is 0 Å². The van der Waals surface area contributed by atoms with Gasteiger partial charge in [-0.1, -0.05) is 0 Å². The number of ether oxygens (including phenoxy) is 2. The number of hydrogen-bond acceptors (Lipinski definition) is 7. The summed E-state index contributed by atoms with van der Waals surface area (Å²) in [7, 11) is 1.44. The van der Waals surface area contributed by atoms with Crippen molar-refractivity contribution in [3.63, 3.8) is 0 Å². The Balaban J connectivity index is 1.25. The third kappa shape index (κ3) is 4.98. The molecule has 1 saturated carbocycles. The molecule has 2 aliphatic heterocycles. The fraction of sp³-hybridized carbons (Fsp3) is 0.625. The van der Waals surface area contributed by atoms with E-state index in [1.165, 1.54) is 13.2 Å². The summed E-state index contributed by atoms with van der Waals surface area (Å²) in [4.78, 5) is 5.83. The molecule has 0 bridgehead atoms. The Morgan fingerprint density at radius 2 is 1.94 bits per heavy atom. The van der Waals surface area contributed by atoms with Crippen molar-refractivity contribution in [1.29, 1.82) is 0 Å². The van der Waals surface area contributed by atoms with Crippen LogP contribution < -0.4 is 10.1 Å². The normalized spacial score (nSPS) is 27.2. The van der Waals surface area contributed by atoms with E-state index in [0.29, 0.717) is 36.6 Å². The molecule has 3 atom stereocenters. The largest absolute Gasteiger partial charge is 0.493 e. The van der Waals surface area contributed by atoms with Gasteiger partial charge in [-0.15, -0.1) is 10.2 Å². The molecule has 34 heavy (non-hydrogen) atoms. The van der Waals surface area contributed by atoms with E-state index in [0.717, 1.165) is 57.2 Å². The van der Waals surface area contributed by atoms with E-state index in [2.05, 4.69) is 20.5 Å². The molecule has 7 nitrogen and oxygen atoms in total. The second-order valence-electron chi connectivity index (χ2n) is 9.32. The zero-order valence-electron chi connectivity index (χ0n) is 21.0. The Labute approximate surface area is 199 Å². The molecule has 3 fully saturated rings. The quantitative estimate of drug-likeness (QED) is 0.668. The number of alkyl halides is 3. The number of anilines is 1. The minimum absolute atomic E-state index is 0.00488. The Bertz CT molecular complexity index is 1070. The molecule has 0 radical (unpaired) electrons. The first-order valence-electron chi connectivity index (χ1n) is 12.7. The second-order valence-corrected chi connectivity index (χ2v) is 9.32. The zero-order chi connectivity index (χ0) is 25.5. The third-order valence-corrected chi connectivity index (χ3v) is 7.06. The summed E-state index contributed by atoms with van der Waals surface area (Å²) in [5.74, 6) is 1.44. The van der Waals surface area contributed by atoms with Crippen LogP contribution in [-0.2, 0) is 10.9 Å². The number of likely N-dealkylation sites (tertiary alicyclic amines) is 1. The van der Waals surface area contributed by atoms with Gasteiger partial charge in [-0.25, -0.2) is 0 Å².